The van der Waals surface area contributed by atoms with Crippen LogP contribution in [0.2, 0.25) is 0 Å². The van der Waals surface area contributed by atoms with Gasteiger partial charge in [-0.05, 0) is 102 Å². The molecule has 1 N–H and O–H groups in total. The second kappa shape index (κ2) is 16.1. The molecule has 57 heavy (non-hydrogen) atoms. The average Bonchev–Trinajstić information content (AvgIpc) is 3.65. The molecule has 5 heteroatoms. The number of benzene rings is 6. The molecule has 9 rings (SSSR count). The molecule has 1 fully saturated rings. The Bertz CT molecular complexity index is 2750. The van der Waals surface area contributed by atoms with Crippen LogP contribution in [0.1, 0.15) is 77.7 Å². The number of imidazole rings is 1. The van der Waals surface area contributed by atoms with Gasteiger partial charge >= 0.3 is 0 Å². The molecule has 6 aromatic carbocycles. The van der Waals surface area contributed by atoms with Crippen LogP contribution in [0.15, 0.2) is 158 Å². The summed E-state index contributed by atoms with van der Waals surface area (Å²) >= 11 is 0. The molecule has 2 heterocycles. The second-order valence-corrected chi connectivity index (χ2v) is 15.8. The Hall–Kier alpha value is -5.57. The van der Waals surface area contributed by atoms with Crippen LogP contribution in [-0.4, -0.2) is 19.6 Å². The molecule has 286 valence electrons. The number of phenols is 1. The Balaban J connectivity index is 0.00000484. The van der Waals surface area contributed by atoms with Crippen LogP contribution in [0.4, 0.5) is 0 Å². The maximum Gasteiger partial charge on any atom is 0.148 e. The number of fused-ring (bicyclic) bond motifs is 1. The third-order valence-electron chi connectivity index (χ3n) is 11.2. The van der Waals surface area contributed by atoms with Gasteiger partial charge in [0.25, 0.3) is 0 Å². The molecule has 0 saturated heterocycles. The van der Waals surface area contributed by atoms with E-state index in [4.69, 9.17) is 9.97 Å². The zero-order valence-electron chi connectivity index (χ0n) is 34.4. The van der Waals surface area contributed by atoms with Gasteiger partial charge in [0.1, 0.15) is 11.6 Å². The molecule has 0 unspecified atom stereocenters. The summed E-state index contributed by atoms with van der Waals surface area (Å²) in [7, 11) is 0. The third-order valence-corrected chi connectivity index (χ3v) is 11.2. The van der Waals surface area contributed by atoms with Gasteiger partial charge in [-0.15, -0.1) is 29.3 Å². The van der Waals surface area contributed by atoms with Gasteiger partial charge in [0, 0.05) is 41.4 Å². The van der Waals surface area contributed by atoms with E-state index in [1.54, 1.807) is 6.07 Å². The summed E-state index contributed by atoms with van der Waals surface area (Å²) in [5, 5.41) is 11.2. The minimum Gasteiger partial charge on any atom is -0.507 e. The van der Waals surface area contributed by atoms with Crippen LogP contribution >= 0.6 is 0 Å². The first-order valence-corrected chi connectivity index (χ1v) is 19.6. The second-order valence-electron chi connectivity index (χ2n) is 15.8. The van der Waals surface area contributed by atoms with Crippen molar-refractivity contribution in [2.45, 2.75) is 63.7 Å². The van der Waals surface area contributed by atoms with Crippen LogP contribution in [0.25, 0.3) is 61.6 Å². The minimum atomic E-state index is -0.774. The summed E-state index contributed by atoms with van der Waals surface area (Å²) in [4.78, 5) is 10.2. The Morgan fingerprint density at radius 1 is 0.649 bits per heavy atom. The fourth-order valence-corrected chi connectivity index (χ4v) is 8.05. The van der Waals surface area contributed by atoms with Crippen LogP contribution in [-0.2, 0) is 26.5 Å². The van der Waals surface area contributed by atoms with Crippen molar-refractivity contribution in [3.05, 3.63) is 181 Å². The minimum absolute atomic E-state index is 0. The smallest absolute Gasteiger partial charge is 0.148 e. The molecule has 4 nitrogen and oxygen atoms in total. The van der Waals surface area contributed by atoms with E-state index in [0.29, 0.717) is 37.1 Å². The van der Waals surface area contributed by atoms with Gasteiger partial charge < -0.3 is 5.11 Å². The molecule has 8 aromatic rings. The van der Waals surface area contributed by atoms with E-state index in [9.17, 15) is 7.85 Å². The van der Waals surface area contributed by atoms with Gasteiger partial charge in [-0.3, -0.25) is 9.55 Å². The molecule has 0 aliphatic heterocycles. The fraction of sp³-hybridized carbons (Fsp3) is 0.192. The molecule has 0 bridgehead atoms. The van der Waals surface area contributed by atoms with Crippen LogP contribution in [0, 0.1) is 6.07 Å². The summed E-state index contributed by atoms with van der Waals surface area (Å²) in [6.45, 7) is 6.67. The molecule has 1 aliphatic rings. The number of nitrogens with zero attached hydrogens (tertiary/aromatic N) is 3. The number of rotatable bonds is 7. The van der Waals surface area contributed by atoms with Crippen molar-refractivity contribution in [1.82, 2.24) is 14.5 Å². The topological polar surface area (TPSA) is 50.9 Å². The molecule has 0 amide bonds. The Kier molecular flexibility index (Phi) is 10.1. The molecular weight excluding hydrogens is 878 g/mol. The SMILES string of the molecule is [2H]C1(c2ccccc2)CCC([2H])(c2ccc(-n3c(-c4ccccc4O)nc4c(-c5[c-]c(-c6cc(-c7ccccc7)ccn6)cc(C(C)(C)C)c5)cccc43)cc2)CC1.[Pt]. The Labute approximate surface area is 353 Å². The number of aromatic nitrogens is 3. The zero-order valence-corrected chi connectivity index (χ0v) is 34.7. The van der Waals surface area contributed by atoms with Gasteiger partial charge in [0.15, 0.2) is 0 Å². The van der Waals surface area contributed by atoms with Crippen molar-refractivity contribution in [2.24, 2.45) is 0 Å². The largest absolute Gasteiger partial charge is 0.507 e. The maximum atomic E-state index is 11.2. The van der Waals surface area contributed by atoms with Gasteiger partial charge in [-0.1, -0.05) is 135 Å². The van der Waals surface area contributed by atoms with Crippen LogP contribution in [0.3, 0.4) is 0 Å². The summed E-state index contributed by atoms with van der Waals surface area (Å²) in [5.74, 6) is -0.671. The average molecular weight is 926 g/mol. The van der Waals surface area contributed by atoms with Crippen molar-refractivity contribution >= 4 is 11.0 Å². The summed E-state index contributed by atoms with van der Waals surface area (Å²) in [6, 6.07) is 54.6. The number of pyridine rings is 1. The van der Waals surface area contributed by atoms with Gasteiger partial charge in [0.2, 0.25) is 0 Å². The normalized spacial score (nSPS) is 18.7. The summed E-state index contributed by atoms with van der Waals surface area (Å²) < 4.78 is 20.9. The van der Waals surface area contributed by atoms with Crippen molar-refractivity contribution in [1.29, 1.82) is 0 Å². The standard InChI is InChI=1S/C52H46N3O.Pt/c1-52(2,3)43-32-41(31-42(33-43)47-34-40(29-30-53-47)36-15-8-5-9-16-36)45-18-12-19-48-50(45)54-51(46-17-10-11-20-49(46)56)55(48)44-27-25-39(26-28-44)38-23-21-37(22-24-38)35-13-6-4-7-14-35;/h4-20,25-30,32-34,37-38,56H,21-24H2,1-3H3;/q-1;/i37D,38D;. The van der Waals surface area contributed by atoms with Crippen molar-refractivity contribution < 1.29 is 28.9 Å². The quantitative estimate of drug-likeness (QED) is 0.162. The molecule has 0 atom stereocenters. The zero-order chi connectivity index (χ0) is 40.1. The van der Waals surface area contributed by atoms with Crippen LogP contribution < -0.4 is 0 Å². The van der Waals surface area contributed by atoms with E-state index < -0.39 is 11.8 Å². The first kappa shape index (κ1) is 35.8. The van der Waals surface area contributed by atoms with E-state index in [1.165, 1.54) is 0 Å². The number of aromatic hydroxyl groups is 1. The maximum absolute atomic E-state index is 11.2. The molecular formula is C52H46N3OPt-. The summed E-state index contributed by atoms with van der Waals surface area (Å²) in [6.07, 6.45) is 4.37. The molecule has 0 spiro atoms. The van der Waals surface area contributed by atoms with E-state index in [0.717, 1.165) is 66.9 Å². The first-order valence-electron chi connectivity index (χ1n) is 20.6. The Morgan fingerprint density at radius 3 is 1.95 bits per heavy atom. The predicted molar refractivity (Wildman–Crippen MR) is 230 cm³/mol. The van der Waals surface area contributed by atoms with E-state index in [-0.39, 0.29) is 32.2 Å². The fourth-order valence-electron chi connectivity index (χ4n) is 8.05. The van der Waals surface area contributed by atoms with Gasteiger partial charge in [-0.25, -0.2) is 4.98 Å². The molecule has 0 radical (unpaired) electrons. The molecule has 1 saturated carbocycles. The third kappa shape index (κ3) is 7.76. The monoisotopic (exact) mass is 925 g/mol. The van der Waals surface area contributed by atoms with Crippen molar-refractivity contribution in [3.8, 4) is 56.3 Å². The van der Waals surface area contributed by atoms with E-state index >= 15 is 0 Å². The summed E-state index contributed by atoms with van der Waals surface area (Å²) in [5.41, 5.74) is 12.0. The molecule has 2 aromatic heterocycles. The van der Waals surface area contributed by atoms with Crippen LogP contribution in [0.5, 0.6) is 5.75 Å². The number of hydrogen-bond acceptors (Lipinski definition) is 3. The number of para-hydroxylation sites is 2. The Morgan fingerprint density at radius 2 is 1.26 bits per heavy atom. The van der Waals surface area contributed by atoms with Gasteiger partial charge in [-0.2, -0.15) is 0 Å². The first-order chi connectivity index (χ1) is 28.0. The number of phenolic OH excluding ortho intramolecular Hbond substituents is 1. The predicted octanol–water partition coefficient (Wildman–Crippen LogP) is 13.3. The van der Waals surface area contributed by atoms with Gasteiger partial charge in [0.05, 0.1) is 16.6 Å². The van der Waals surface area contributed by atoms with Crippen molar-refractivity contribution in [3.63, 3.8) is 0 Å². The van der Waals surface area contributed by atoms with Crippen molar-refractivity contribution in [2.75, 3.05) is 0 Å². The van der Waals surface area contributed by atoms with E-state index in [1.807, 2.05) is 66.9 Å². The number of hydrogen-bond donors (Lipinski definition) is 1. The van der Waals surface area contributed by atoms with E-state index in [2.05, 4.69) is 116 Å². The molecule has 1 aliphatic carbocycles.